The molecule has 4 aromatic rings. The standard InChI is InChI=1S/C20H19N5OS2/c1-13-11-27-19-21-16(9-17(26)25(13)19)12-28-20-23-22-18(15-7-8-15)24(20)10-14-5-3-2-4-6-14/h2-6,9,11,15H,7-8,10,12H2,1H3. The van der Waals surface area contributed by atoms with Crippen molar-refractivity contribution in [1.29, 1.82) is 0 Å². The van der Waals surface area contributed by atoms with E-state index in [9.17, 15) is 4.79 Å². The molecule has 8 heteroatoms. The van der Waals surface area contributed by atoms with Crippen molar-refractivity contribution >= 4 is 28.1 Å². The van der Waals surface area contributed by atoms with Crippen LogP contribution in [0, 0.1) is 6.92 Å². The van der Waals surface area contributed by atoms with E-state index in [-0.39, 0.29) is 5.56 Å². The van der Waals surface area contributed by atoms with Crippen molar-refractivity contribution in [3.63, 3.8) is 0 Å². The SMILES string of the molecule is Cc1csc2nc(CSc3nnc(C4CC4)n3Cc3ccccc3)cc(=O)n12. The second kappa shape index (κ2) is 7.18. The minimum absolute atomic E-state index is 0.0243. The van der Waals surface area contributed by atoms with Crippen LogP contribution >= 0.6 is 23.1 Å². The summed E-state index contributed by atoms with van der Waals surface area (Å²) in [5, 5.41) is 11.8. The lowest BCUT2D eigenvalue weighted by atomic mass is 10.2. The smallest absolute Gasteiger partial charge is 0.258 e. The molecule has 0 atom stereocenters. The predicted octanol–water partition coefficient (Wildman–Crippen LogP) is 3.87. The summed E-state index contributed by atoms with van der Waals surface area (Å²) in [5.41, 5.74) is 2.91. The molecule has 0 radical (unpaired) electrons. The molecule has 0 N–H and O–H groups in total. The molecule has 5 rings (SSSR count). The minimum atomic E-state index is -0.0243. The number of nitrogens with zero attached hydrogens (tertiary/aromatic N) is 5. The molecule has 1 aliphatic rings. The third kappa shape index (κ3) is 3.38. The van der Waals surface area contributed by atoms with E-state index in [2.05, 4.69) is 44.0 Å². The van der Waals surface area contributed by atoms with Crippen LogP contribution in [0.2, 0.25) is 0 Å². The largest absolute Gasteiger partial charge is 0.301 e. The summed E-state index contributed by atoms with van der Waals surface area (Å²) in [6.45, 7) is 2.69. The van der Waals surface area contributed by atoms with Gasteiger partial charge < -0.3 is 4.57 Å². The highest BCUT2D eigenvalue weighted by Crippen LogP contribution is 2.40. The average Bonchev–Trinajstić information content (AvgIpc) is 3.36. The molecule has 3 aromatic heterocycles. The molecule has 6 nitrogen and oxygen atoms in total. The number of aryl methyl sites for hydroxylation is 1. The van der Waals surface area contributed by atoms with E-state index in [4.69, 9.17) is 0 Å². The third-order valence-corrected chi connectivity index (χ3v) is 6.79. The molecule has 1 aliphatic carbocycles. The van der Waals surface area contributed by atoms with Crippen LogP contribution in [-0.4, -0.2) is 24.1 Å². The van der Waals surface area contributed by atoms with Crippen molar-refractivity contribution in [2.24, 2.45) is 0 Å². The van der Waals surface area contributed by atoms with E-state index in [1.165, 1.54) is 29.7 Å². The van der Waals surface area contributed by atoms with Crippen molar-refractivity contribution in [3.8, 4) is 0 Å². The molecule has 0 saturated heterocycles. The van der Waals surface area contributed by atoms with Crippen molar-refractivity contribution in [2.75, 3.05) is 0 Å². The van der Waals surface area contributed by atoms with Crippen LogP contribution in [0.3, 0.4) is 0 Å². The number of thiazole rings is 1. The van der Waals surface area contributed by atoms with Gasteiger partial charge in [-0.05, 0) is 25.3 Å². The lowest BCUT2D eigenvalue weighted by Crippen LogP contribution is -2.14. The lowest BCUT2D eigenvalue weighted by molar-refractivity contribution is 0.667. The van der Waals surface area contributed by atoms with Gasteiger partial charge in [-0.1, -0.05) is 42.1 Å². The summed E-state index contributed by atoms with van der Waals surface area (Å²) in [7, 11) is 0. The number of hydrogen-bond donors (Lipinski definition) is 0. The van der Waals surface area contributed by atoms with Crippen LogP contribution in [-0.2, 0) is 12.3 Å². The summed E-state index contributed by atoms with van der Waals surface area (Å²) >= 11 is 3.09. The monoisotopic (exact) mass is 409 g/mol. The highest BCUT2D eigenvalue weighted by Gasteiger charge is 2.30. The highest BCUT2D eigenvalue weighted by molar-refractivity contribution is 7.98. The van der Waals surface area contributed by atoms with Crippen molar-refractivity contribution < 1.29 is 0 Å². The summed E-state index contributed by atoms with van der Waals surface area (Å²) in [4.78, 5) is 17.8. The normalized spacial score (nSPS) is 14.0. The van der Waals surface area contributed by atoms with E-state index in [0.717, 1.165) is 33.9 Å². The molecule has 1 aromatic carbocycles. The summed E-state index contributed by atoms with van der Waals surface area (Å²) in [5.74, 6) is 2.20. The van der Waals surface area contributed by atoms with Gasteiger partial charge in [0.1, 0.15) is 5.82 Å². The quantitative estimate of drug-likeness (QED) is 0.452. The Morgan fingerprint density at radius 2 is 2.04 bits per heavy atom. The fourth-order valence-electron chi connectivity index (χ4n) is 3.28. The zero-order chi connectivity index (χ0) is 19.1. The average molecular weight is 410 g/mol. The first-order valence-electron chi connectivity index (χ1n) is 9.25. The second-order valence-corrected chi connectivity index (χ2v) is 8.84. The number of hydrogen-bond acceptors (Lipinski definition) is 6. The first-order chi connectivity index (χ1) is 13.7. The molecule has 0 unspecified atom stereocenters. The number of benzene rings is 1. The van der Waals surface area contributed by atoms with Gasteiger partial charge in [0.25, 0.3) is 5.56 Å². The summed E-state index contributed by atoms with van der Waals surface area (Å²) in [6.07, 6.45) is 2.37. The minimum Gasteiger partial charge on any atom is -0.301 e. The molecular weight excluding hydrogens is 390 g/mol. The Balaban J connectivity index is 1.42. The molecule has 1 fully saturated rings. The second-order valence-electron chi connectivity index (χ2n) is 7.06. The molecule has 142 valence electrons. The molecule has 3 heterocycles. The Morgan fingerprint density at radius 3 is 2.82 bits per heavy atom. The molecule has 0 bridgehead atoms. The Labute approximate surface area is 170 Å². The predicted molar refractivity (Wildman–Crippen MR) is 111 cm³/mol. The van der Waals surface area contributed by atoms with E-state index in [1.807, 2.05) is 18.4 Å². The van der Waals surface area contributed by atoms with E-state index < -0.39 is 0 Å². The van der Waals surface area contributed by atoms with Crippen LogP contribution in [0.25, 0.3) is 4.96 Å². The van der Waals surface area contributed by atoms with Gasteiger partial charge in [0.15, 0.2) is 10.1 Å². The Bertz CT molecular complexity index is 1190. The van der Waals surface area contributed by atoms with Crippen molar-refractivity contribution in [2.45, 2.75) is 43.1 Å². The van der Waals surface area contributed by atoms with E-state index in [1.54, 1.807) is 22.2 Å². The fourth-order valence-corrected chi connectivity index (χ4v) is 5.01. The topological polar surface area (TPSA) is 65.1 Å². The van der Waals surface area contributed by atoms with Gasteiger partial charge in [-0.2, -0.15) is 0 Å². The van der Waals surface area contributed by atoms with E-state index in [0.29, 0.717) is 11.7 Å². The maximum atomic E-state index is 12.4. The molecule has 28 heavy (non-hydrogen) atoms. The Hall–Kier alpha value is -2.45. The maximum Gasteiger partial charge on any atom is 0.258 e. The zero-order valence-corrected chi connectivity index (χ0v) is 17.0. The first kappa shape index (κ1) is 17.6. The van der Waals surface area contributed by atoms with Crippen molar-refractivity contribution in [3.05, 3.63) is 74.9 Å². The summed E-state index contributed by atoms with van der Waals surface area (Å²) < 4.78 is 3.88. The van der Waals surface area contributed by atoms with Gasteiger partial charge in [0.2, 0.25) is 0 Å². The number of aromatic nitrogens is 5. The van der Waals surface area contributed by atoms with Gasteiger partial charge in [0.05, 0.1) is 12.2 Å². The van der Waals surface area contributed by atoms with Crippen molar-refractivity contribution in [1.82, 2.24) is 24.1 Å². The Morgan fingerprint density at radius 1 is 1.21 bits per heavy atom. The highest BCUT2D eigenvalue weighted by atomic mass is 32.2. The molecular formula is C20H19N5OS2. The molecule has 0 amide bonds. The number of thioether (sulfide) groups is 1. The van der Waals surface area contributed by atoms with Crippen LogP contribution in [0.15, 0.2) is 51.7 Å². The van der Waals surface area contributed by atoms with Crippen LogP contribution < -0.4 is 5.56 Å². The van der Waals surface area contributed by atoms with Gasteiger partial charge in [-0.3, -0.25) is 9.20 Å². The third-order valence-electron chi connectivity index (χ3n) is 4.85. The molecule has 0 spiro atoms. The number of fused-ring (bicyclic) bond motifs is 1. The van der Waals surface area contributed by atoms with Gasteiger partial charge in [-0.25, -0.2) is 4.98 Å². The maximum absolute atomic E-state index is 12.4. The molecule has 1 saturated carbocycles. The van der Waals surface area contributed by atoms with Crippen LogP contribution in [0.1, 0.15) is 41.5 Å². The fraction of sp³-hybridized carbons (Fsp3) is 0.300. The van der Waals surface area contributed by atoms with Crippen LogP contribution in [0.5, 0.6) is 0 Å². The zero-order valence-electron chi connectivity index (χ0n) is 15.4. The Kier molecular flexibility index (Phi) is 4.52. The van der Waals surface area contributed by atoms with E-state index >= 15 is 0 Å². The number of rotatable bonds is 6. The summed E-state index contributed by atoms with van der Waals surface area (Å²) in [6, 6.07) is 12.0. The first-order valence-corrected chi connectivity index (χ1v) is 11.1. The lowest BCUT2D eigenvalue weighted by Gasteiger charge is -2.10. The van der Waals surface area contributed by atoms with Gasteiger partial charge in [-0.15, -0.1) is 21.5 Å². The molecule has 0 aliphatic heterocycles. The van der Waals surface area contributed by atoms with Gasteiger partial charge >= 0.3 is 0 Å². The van der Waals surface area contributed by atoms with Gasteiger partial charge in [0, 0.05) is 28.8 Å². The van der Waals surface area contributed by atoms with Crippen LogP contribution in [0.4, 0.5) is 0 Å².